The van der Waals surface area contributed by atoms with E-state index >= 15 is 0 Å². The second-order valence-electron chi connectivity index (χ2n) is 13.6. The van der Waals surface area contributed by atoms with Gasteiger partial charge in [0.2, 0.25) is 10.0 Å². The van der Waals surface area contributed by atoms with Crippen LogP contribution in [0, 0.1) is 18.8 Å². The van der Waals surface area contributed by atoms with Crippen LogP contribution >= 0.6 is 0 Å². The molecule has 6 rings (SSSR count). The predicted molar refractivity (Wildman–Crippen MR) is 192 cm³/mol. The van der Waals surface area contributed by atoms with Crippen LogP contribution in [0.3, 0.4) is 0 Å². The summed E-state index contributed by atoms with van der Waals surface area (Å²) in [7, 11) is -0.359. The number of fused-ring (bicyclic) bond motifs is 1. The lowest BCUT2D eigenvalue weighted by Crippen LogP contribution is -2.48. The summed E-state index contributed by atoms with van der Waals surface area (Å²) < 4.78 is 43.6. The van der Waals surface area contributed by atoms with E-state index in [2.05, 4.69) is 30.5 Å². The number of hydrogen-bond acceptors (Lipinski definition) is 7. The molecule has 2 saturated heterocycles. The van der Waals surface area contributed by atoms with Crippen molar-refractivity contribution < 1.29 is 27.8 Å². The molecule has 2 fully saturated rings. The van der Waals surface area contributed by atoms with Crippen LogP contribution in [0.4, 0.5) is 0 Å². The lowest BCUT2D eigenvalue weighted by molar-refractivity contribution is -0.140. The molecule has 4 aromatic rings. The topological polar surface area (TPSA) is 114 Å². The Hall–Kier alpha value is -4.29. The minimum Gasteiger partial charge on any atom is -0.482 e. The minimum atomic E-state index is -3.90. The molecule has 3 heterocycles. The molecule has 1 N–H and O–H groups in total. The molecule has 11 heteroatoms. The Morgan fingerprint density at radius 2 is 1.80 bits per heavy atom. The molecule has 0 radical (unpaired) electrons. The molecule has 2 aliphatic rings. The zero-order chi connectivity index (χ0) is 35.6. The van der Waals surface area contributed by atoms with Gasteiger partial charge in [-0.3, -0.25) is 9.58 Å². The SMILES string of the molecule is C=C(C)[C@H]1C[C@@H]2CN(Cc3c(-c4ccccc4)nn(C)c3C)CC[C@@H]2O[C@@H]1c1cc(S(=O)(=O)N(C)Cc2ccccc2)ccc1OCC(=O)O. The first-order chi connectivity index (χ1) is 23.9. The van der Waals surface area contributed by atoms with Gasteiger partial charge in [-0.15, -0.1) is 0 Å². The molecular weight excluding hydrogens is 653 g/mol. The van der Waals surface area contributed by atoms with Gasteiger partial charge in [0.25, 0.3) is 0 Å². The molecule has 3 aromatic carbocycles. The van der Waals surface area contributed by atoms with Crippen LogP contribution < -0.4 is 4.74 Å². The third-order valence-electron chi connectivity index (χ3n) is 10.1. The molecule has 0 spiro atoms. The molecule has 0 amide bonds. The molecule has 0 bridgehead atoms. The minimum absolute atomic E-state index is 0.0659. The average molecular weight is 699 g/mol. The highest BCUT2D eigenvalue weighted by Gasteiger charge is 2.43. The van der Waals surface area contributed by atoms with Gasteiger partial charge in [-0.2, -0.15) is 9.40 Å². The smallest absolute Gasteiger partial charge is 0.341 e. The van der Waals surface area contributed by atoms with Gasteiger partial charge in [0.05, 0.1) is 22.8 Å². The molecule has 50 heavy (non-hydrogen) atoms. The maximum atomic E-state index is 13.8. The Balaban J connectivity index is 1.26. The molecule has 0 unspecified atom stereocenters. The number of nitrogens with zero attached hydrogens (tertiary/aromatic N) is 4. The number of sulfonamides is 1. The maximum Gasteiger partial charge on any atom is 0.341 e. The van der Waals surface area contributed by atoms with Crippen molar-refractivity contribution in [2.75, 3.05) is 26.7 Å². The van der Waals surface area contributed by atoms with Gasteiger partial charge >= 0.3 is 5.97 Å². The summed E-state index contributed by atoms with van der Waals surface area (Å²) in [5.74, 6) is -0.734. The monoisotopic (exact) mass is 698 g/mol. The van der Waals surface area contributed by atoms with Crippen LogP contribution in [0.1, 0.15) is 48.3 Å². The number of ether oxygens (including phenoxy) is 2. The van der Waals surface area contributed by atoms with Crippen molar-refractivity contribution in [2.24, 2.45) is 18.9 Å². The lowest BCUT2D eigenvalue weighted by atomic mass is 9.76. The lowest BCUT2D eigenvalue weighted by Gasteiger charge is -2.47. The summed E-state index contributed by atoms with van der Waals surface area (Å²) in [6.45, 7) is 10.5. The van der Waals surface area contributed by atoms with Crippen LogP contribution in [0.15, 0.2) is 95.9 Å². The highest BCUT2D eigenvalue weighted by Crippen LogP contribution is 2.48. The van der Waals surface area contributed by atoms with E-state index < -0.39 is 28.7 Å². The normalized spacial score (nSPS) is 21.1. The van der Waals surface area contributed by atoms with E-state index in [0.29, 0.717) is 11.3 Å². The van der Waals surface area contributed by atoms with E-state index in [0.717, 1.165) is 60.6 Å². The van der Waals surface area contributed by atoms with Crippen molar-refractivity contribution in [3.8, 4) is 17.0 Å². The quantitative estimate of drug-likeness (QED) is 0.174. The van der Waals surface area contributed by atoms with Crippen LogP contribution in [0.25, 0.3) is 11.3 Å². The Morgan fingerprint density at radius 1 is 1.10 bits per heavy atom. The van der Waals surface area contributed by atoms with E-state index in [1.165, 1.54) is 15.9 Å². The van der Waals surface area contributed by atoms with Gasteiger partial charge in [0.1, 0.15) is 5.75 Å². The number of carboxylic acid groups (broad SMARTS) is 1. The standard InChI is InChI=1S/C39H46N4O6S/c1-26(2)32-20-30-23-43(24-34-27(3)42(5)40-38(34)29-14-10-7-11-15-29)19-18-35(30)49-39(32)33-21-31(16-17-36(33)48-25-37(44)45)50(46,47)41(4)22-28-12-8-6-9-13-28/h6-17,21,30,32,35,39H,1,18-20,22-25H2,2-5H3,(H,44,45)/t30-,32-,35+,39+/m1/s1. The fourth-order valence-corrected chi connectivity index (χ4v) is 8.49. The molecular formula is C39H46N4O6S. The number of carboxylic acids is 1. The fourth-order valence-electron chi connectivity index (χ4n) is 7.30. The number of aromatic nitrogens is 2. The number of carbonyl (C=O) groups is 1. The summed E-state index contributed by atoms with van der Waals surface area (Å²) in [6, 6.07) is 24.3. The van der Waals surface area contributed by atoms with Gasteiger partial charge in [0.15, 0.2) is 6.61 Å². The van der Waals surface area contributed by atoms with Gasteiger partial charge < -0.3 is 14.6 Å². The highest BCUT2D eigenvalue weighted by molar-refractivity contribution is 7.89. The number of hydrogen-bond donors (Lipinski definition) is 1. The van der Waals surface area contributed by atoms with Crippen LogP contribution in [0.5, 0.6) is 5.75 Å². The second-order valence-corrected chi connectivity index (χ2v) is 15.6. The van der Waals surface area contributed by atoms with Crippen LogP contribution in [-0.4, -0.2) is 71.3 Å². The maximum absolute atomic E-state index is 13.8. The number of aliphatic carboxylic acids is 1. The van der Waals surface area contributed by atoms with Crippen molar-refractivity contribution in [2.45, 2.75) is 56.9 Å². The highest BCUT2D eigenvalue weighted by atomic mass is 32.2. The first kappa shape index (κ1) is 35.5. The first-order valence-corrected chi connectivity index (χ1v) is 18.5. The number of benzene rings is 3. The number of piperidine rings is 1. The fraction of sp³-hybridized carbons (Fsp3) is 0.385. The number of aryl methyl sites for hydroxylation is 1. The van der Waals surface area contributed by atoms with Crippen molar-refractivity contribution >= 4 is 16.0 Å². The van der Waals surface area contributed by atoms with Gasteiger partial charge in [-0.05, 0) is 56.4 Å². The zero-order valence-electron chi connectivity index (χ0n) is 29.2. The summed E-state index contributed by atoms with van der Waals surface area (Å²) in [4.78, 5) is 14.1. The van der Waals surface area contributed by atoms with Crippen molar-refractivity contribution in [1.29, 1.82) is 0 Å². The van der Waals surface area contributed by atoms with Crippen molar-refractivity contribution in [3.63, 3.8) is 0 Å². The summed E-state index contributed by atoms with van der Waals surface area (Å²) in [6.07, 6.45) is 0.975. The van der Waals surface area contributed by atoms with Gasteiger partial charge in [-0.1, -0.05) is 72.8 Å². The Kier molecular flexibility index (Phi) is 10.6. The first-order valence-electron chi connectivity index (χ1n) is 17.0. The number of rotatable bonds is 12. The van der Waals surface area contributed by atoms with E-state index in [4.69, 9.17) is 14.6 Å². The molecule has 4 atom stereocenters. The van der Waals surface area contributed by atoms with E-state index in [1.807, 2.05) is 67.2 Å². The summed E-state index contributed by atoms with van der Waals surface area (Å²) >= 11 is 0. The molecule has 0 aliphatic carbocycles. The average Bonchev–Trinajstić information content (AvgIpc) is 3.39. The Bertz CT molecular complexity index is 1950. The molecule has 2 aliphatic heterocycles. The van der Waals surface area contributed by atoms with E-state index in [-0.39, 0.29) is 29.4 Å². The van der Waals surface area contributed by atoms with E-state index in [9.17, 15) is 18.3 Å². The van der Waals surface area contributed by atoms with Gasteiger partial charge in [0, 0.05) is 68.6 Å². The molecule has 264 valence electrons. The van der Waals surface area contributed by atoms with Gasteiger partial charge in [-0.25, -0.2) is 13.2 Å². The van der Waals surface area contributed by atoms with Crippen LogP contribution in [-0.2, 0) is 39.7 Å². The van der Waals surface area contributed by atoms with Crippen LogP contribution in [0.2, 0.25) is 0 Å². The Labute approximate surface area is 295 Å². The third-order valence-corrected chi connectivity index (χ3v) is 11.9. The number of likely N-dealkylation sites (tertiary alicyclic amines) is 1. The largest absolute Gasteiger partial charge is 0.482 e. The molecule has 0 saturated carbocycles. The zero-order valence-corrected chi connectivity index (χ0v) is 30.0. The summed E-state index contributed by atoms with van der Waals surface area (Å²) in [5.41, 5.74) is 6.77. The molecule has 1 aromatic heterocycles. The van der Waals surface area contributed by atoms with Crippen molar-refractivity contribution in [3.05, 3.63) is 113 Å². The summed E-state index contributed by atoms with van der Waals surface area (Å²) in [5, 5.41) is 14.3. The molecule has 10 nitrogen and oxygen atoms in total. The predicted octanol–water partition coefficient (Wildman–Crippen LogP) is 6.22. The third kappa shape index (κ3) is 7.56. The second kappa shape index (κ2) is 14.9. The van der Waals surface area contributed by atoms with E-state index in [1.54, 1.807) is 19.2 Å². The van der Waals surface area contributed by atoms with Crippen molar-refractivity contribution in [1.82, 2.24) is 19.0 Å². The Morgan fingerprint density at radius 3 is 2.48 bits per heavy atom.